The molecular weight excluding hydrogens is 284 g/mol. The van der Waals surface area contributed by atoms with E-state index in [-0.39, 0.29) is 6.04 Å². The summed E-state index contributed by atoms with van der Waals surface area (Å²) in [6.45, 7) is 1.28. The van der Waals surface area contributed by atoms with E-state index in [0.29, 0.717) is 11.6 Å². The van der Waals surface area contributed by atoms with Crippen molar-refractivity contribution in [2.75, 3.05) is 20.7 Å². The molecule has 21 heavy (non-hydrogen) atoms. The van der Waals surface area contributed by atoms with Crippen molar-refractivity contribution in [3.8, 4) is 5.75 Å². The Kier molecular flexibility index (Phi) is 5.62. The zero-order valence-corrected chi connectivity index (χ0v) is 13.2. The molecule has 4 heteroatoms. The minimum atomic E-state index is 0.00820. The topological polar surface area (TPSA) is 38.5 Å². The molecule has 2 N–H and O–H groups in total. The van der Waals surface area contributed by atoms with Crippen LogP contribution in [0.1, 0.15) is 17.2 Å². The van der Waals surface area contributed by atoms with Gasteiger partial charge in [0.25, 0.3) is 0 Å². The van der Waals surface area contributed by atoms with E-state index in [1.807, 2.05) is 43.4 Å². The van der Waals surface area contributed by atoms with Gasteiger partial charge in [0.15, 0.2) is 0 Å². The number of nitrogens with two attached hydrogens (primary N) is 1. The van der Waals surface area contributed by atoms with E-state index in [0.717, 1.165) is 17.9 Å². The number of hydrogen-bond acceptors (Lipinski definition) is 3. The van der Waals surface area contributed by atoms with E-state index in [1.54, 1.807) is 7.11 Å². The molecule has 3 nitrogen and oxygen atoms in total. The van der Waals surface area contributed by atoms with E-state index >= 15 is 0 Å². The molecule has 0 fully saturated rings. The lowest BCUT2D eigenvalue weighted by molar-refractivity contribution is 0.236. The summed E-state index contributed by atoms with van der Waals surface area (Å²) in [7, 11) is 3.70. The lowest BCUT2D eigenvalue weighted by Crippen LogP contribution is -2.30. The van der Waals surface area contributed by atoms with Crippen LogP contribution >= 0.6 is 11.6 Å². The second-order valence-corrected chi connectivity index (χ2v) is 5.42. The summed E-state index contributed by atoms with van der Waals surface area (Å²) in [5.74, 6) is 0.776. The van der Waals surface area contributed by atoms with Gasteiger partial charge in [-0.1, -0.05) is 48.0 Å². The van der Waals surface area contributed by atoms with Crippen LogP contribution in [-0.2, 0) is 6.54 Å². The molecule has 0 radical (unpaired) electrons. The number of hydrogen-bond donors (Lipinski definition) is 1. The van der Waals surface area contributed by atoms with Crippen molar-refractivity contribution in [3.63, 3.8) is 0 Å². The van der Waals surface area contributed by atoms with Crippen LogP contribution < -0.4 is 10.5 Å². The fourth-order valence-corrected chi connectivity index (χ4v) is 2.81. The van der Waals surface area contributed by atoms with E-state index in [9.17, 15) is 0 Å². The highest BCUT2D eigenvalue weighted by Crippen LogP contribution is 2.34. The smallest absolute Gasteiger partial charge is 0.125 e. The number of halogens is 1. The third-order valence-electron chi connectivity index (χ3n) is 3.60. The standard InChI is InChI=1S/C17H21ClN2O/c1-20(12-13-7-4-3-5-8-13)15(11-19)17-14(18)9-6-10-16(17)21-2/h3-10,15H,11-12,19H2,1-2H3. The molecule has 0 saturated heterocycles. The molecule has 0 aliphatic carbocycles. The zero-order chi connectivity index (χ0) is 15.2. The van der Waals surface area contributed by atoms with Gasteiger partial charge in [-0.2, -0.15) is 0 Å². The predicted octanol–water partition coefficient (Wildman–Crippen LogP) is 3.48. The molecule has 0 amide bonds. The van der Waals surface area contributed by atoms with Gasteiger partial charge in [0, 0.05) is 23.7 Å². The van der Waals surface area contributed by atoms with Crippen LogP contribution in [0.15, 0.2) is 48.5 Å². The third-order valence-corrected chi connectivity index (χ3v) is 3.93. The van der Waals surface area contributed by atoms with Crippen LogP contribution in [0.5, 0.6) is 5.75 Å². The van der Waals surface area contributed by atoms with Gasteiger partial charge < -0.3 is 10.5 Å². The highest BCUT2D eigenvalue weighted by Gasteiger charge is 2.22. The minimum Gasteiger partial charge on any atom is -0.496 e. The summed E-state index contributed by atoms with van der Waals surface area (Å²) < 4.78 is 5.44. The van der Waals surface area contributed by atoms with Crippen molar-refractivity contribution >= 4 is 11.6 Å². The molecule has 112 valence electrons. The molecule has 0 saturated carbocycles. The maximum absolute atomic E-state index is 6.37. The molecule has 0 bridgehead atoms. The molecule has 0 aromatic heterocycles. The highest BCUT2D eigenvalue weighted by molar-refractivity contribution is 6.31. The second-order valence-electron chi connectivity index (χ2n) is 5.01. The first kappa shape index (κ1) is 15.8. The molecule has 2 rings (SSSR count). The van der Waals surface area contributed by atoms with Gasteiger partial charge in [-0.15, -0.1) is 0 Å². The van der Waals surface area contributed by atoms with Crippen molar-refractivity contribution in [1.82, 2.24) is 4.90 Å². The van der Waals surface area contributed by atoms with E-state index in [4.69, 9.17) is 22.1 Å². The van der Waals surface area contributed by atoms with Crippen LogP contribution in [-0.4, -0.2) is 25.6 Å². The van der Waals surface area contributed by atoms with Gasteiger partial charge in [0.05, 0.1) is 13.2 Å². The van der Waals surface area contributed by atoms with Crippen LogP contribution in [0.4, 0.5) is 0 Å². The Morgan fingerprint density at radius 2 is 1.86 bits per heavy atom. The molecule has 0 spiro atoms. The quantitative estimate of drug-likeness (QED) is 0.888. The summed E-state index contributed by atoms with van der Waals surface area (Å²) in [6.07, 6.45) is 0. The largest absolute Gasteiger partial charge is 0.496 e. The normalized spacial score (nSPS) is 12.4. The average molecular weight is 305 g/mol. The number of methoxy groups -OCH3 is 1. The van der Waals surface area contributed by atoms with Crippen LogP contribution in [0.25, 0.3) is 0 Å². The minimum absolute atomic E-state index is 0.00820. The Labute approximate surface area is 131 Å². The van der Waals surface area contributed by atoms with Gasteiger partial charge in [0.2, 0.25) is 0 Å². The van der Waals surface area contributed by atoms with E-state index in [2.05, 4.69) is 17.0 Å². The summed E-state index contributed by atoms with van der Waals surface area (Å²) in [5.41, 5.74) is 8.18. The molecule has 2 aromatic carbocycles. The molecule has 1 unspecified atom stereocenters. The molecular formula is C17H21ClN2O. The summed E-state index contributed by atoms with van der Waals surface area (Å²) >= 11 is 6.37. The van der Waals surface area contributed by atoms with Crippen LogP contribution in [0.2, 0.25) is 5.02 Å². The summed E-state index contributed by atoms with van der Waals surface area (Å²) in [6, 6.07) is 16.0. The maximum Gasteiger partial charge on any atom is 0.125 e. The van der Waals surface area contributed by atoms with Gasteiger partial charge in [-0.3, -0.25) is 4.90 Å². The first-order valence-electron chi connectivity index (χ1n) is 6.94. The lowest BCUT2D eigenvalue weighted by Gasteiger charge is -2.29. The molecule has 2 aromatic rings. The number of ether oxygens (including phenoxy) is 1. The first-order chi connectivity index (χ1) is 10.2. The number of benzene rings is 2. The Hall–Kier alpha value is -1.55. The SMILES string of the molecule is COc1cccc(Cl)c1C(CN)N(C)Cc1ccccc1. The Morgan fingerprint density at radius 3 is 2.48 bits per heavy atom. The van der Waals surface area contributed by atoms with Crippen molar-refractivity contribution in [2.45, 2.75) is 12.6 Å². The van der Waals surface area contributed by atoms with Crippen LogP contribution in [0.3, 0.4) is 0 Å². The monoisotopic (exact) mass is 304 g/mol. The van der Waals surface area contributed by atoms with E-state index < -0.39 is 0 Å². The second kappa shape index (κ2) is 7.46. The summed E-state index contributed by atoms with van der Waals surface area (Å²) in [4.78, 5) is 2.19. The molecule has 1 atom stereocenters. The predicted molar refractivity (Wildman–Crippen MR) is 87.7 cm³/mol. The zero-order valence-electron chi connectivity index (χ0n) is 12.4. The molecule has 0 aliphatic heterocycles. The molecule has 0 heterocycles. The third kappa shape index (κ3) is 3.76. The number of nitrogens with zero attached hydrogens (tertiary/aromatic N) is 1. The fourth-order valence-electron chi connectivity index (χ4n) is 2.52. The van der Waals surface area contributed by atoms with E-state index in [1.165, 1.54) is 5.56 Å². The van der Waals surface area contributed by atoms with Crippen LogP contribution in [0, 0.1) is 0 Å². The van der Waals surface area contributed by atoms with Crippen molar-refractivity contribution < 1.29 is 4.74 Å². The summed E-state index contributed by atoms with van der Waals surface area (Å²) in [5, 5.41) is 0.685. The number of likely N-dealkylation sites (N-methyl/N-ethyl adjacent to an activating group) is 1. The van der Waals surface area contributed by atoms with Crippen molar-refractivity contribution in [1.29, 1.82) is 0 Å². The Bertz CT molecular complexity index is 574. The van der Waals surface area contributed by atoms with Crippen molar-refractivity contribution in [2.24, 2.45) is 5.73 Å². The Balaban J connectivity index is 2.27. The van der Waals surface area contributed by atoms with Gasteiger partial charge >= 0.3 is 0 Å². The first-order valence-corrected chi connectivity index (χ1v) is 7.31. The maximum atomic E-state index is 6.37. The molecule has 0 aliphatic rings. The highest BCUT2D eigenvalue weighted by atomic mass is 35.5. The number of rotatable bonds is 6. The van der Waals surface area contributed by atoms with Gasteiger partial charge in [-0.25, -0.2) is 0 Å². The van der Waals surface area contributed by atoms with Gasteiger partial charge in [0.1, 0.15) is 5.75 Å². The van der Waals surface area contributed by atoms with Crippen molar-refractivity contribution in [3.05, 3.63) is 64.7 Å². The Morgan fingerprint density at radius 1 is 1.14 bits per heavy atom. The van der Waals surface area contributed by atoms with Gasteiger partial charge in [-0.05, 0) is 24.7 Å². The average Bonchev–Trinajstić information content (AvgIpc) is 2.50. The fraction of sp³-hybridized carbons (Fsp3) is 0.294. The lowest BCUT2D eigenvalue weighted by atomic mass is 10.0.